The van der Waals surface area contributed by atoms with Crippen LogP contribution in [0.15, 0.2) is 35.5 Å². The topological polar surface area (TPSA) is 93.9 Å². The Labute approximate surface area is 169 Å². The summed E-state index contributed by atoms with van der Waals surface area (Å²) >= 11 is 1.35. The van der Waals surface area contributed by atoms with Gasteiger partial charge in [-0.3, -0.25) is 4.79 Å². The molecule has 0 unspecified atom stereocenters. The third-order valence-corrected chi connectivity index (χ3v) is 8.02. The van der Waals surface area contributed by atoms with E-state index in [2.05, 4.69) is 32.2 Å². The molecule has 1 saturated heterocycles. The van der Waals surface area contributed by atoms with Gasteiger partial charge in [0.15, 0.2) is 15.0 Å². The Bertz CT molecular complexity index is 970. The first kappa shape index (κ1) is 19.4. The second-order valence-corrected chi connectivity index (χ2v) is 11.1. The number of carbonyl (C=O) groups excluding carboxylic acids is 1. The number of aromatic nitrogens is 3. The molecule has 1 aliphatic heterocycles. The van der Waals surface area contributed by atoms with Gasteiger partial charge in [-0.2, -0.15) is 0 Å². The molecule has 150 valence electrons. The van der Waals surface area contributed by atoms with Crippen LogP contribution in [0.5, 0.6) is 0 Å². The van der Waals surface area contributed by atoms with Gasteiger partial charge in [0.25, 0.3) is 0 Å². The number of hydrogen-bond donors (Lipinski definition) is 1. The molecule has 0 bridgehead atoms. The minimum absolute atomic E-state index is 0.00637. The Hall–Kier alpha value is -1.87. The number of thioether (sulfide) groups is 1. The monoisotopic (exact) mass is 420 g/mol. The molecule has 7 nitrogen and oxygen atoms in total. The predicted molar refractivity (Wildman–Crippen MR) is 108 cm³/mol. The molecule has 2 heterocycles. The molecule has 1 aromatic heterocycles. The summed E-state index contributed by atoms with van der Waals surface area (Å²) in [7, 11) is -3.06. The zero-order chi connectivity index (χ0) is 19.8. The van der Waals surface area contributed by atoms with Crippen molar-refractivity contribution in [2.75, 3.05) is 17.3 Å². The van der Waals surface area contributed by atoms with Gasteiger partial charge >= 0.3 is 0 Å². The Kier molecular flexibility index (Phi) is 5.22. The van der Waals surface area contributed by atoms with Gasteiger partial charge in [0, 0.05) is 5.92 Å². The van der Waals surface area contributed by atoms with Crippen LogP contribution in [-0.2, 0) is 21.2 Å². The first-order chi connectivity index (χ1) is 13.3. The van der Waals surface area contributed by atoms with Crippen LogP contribution in [0.1, 0.15) is 43.5 Å². The molecule has 1 aromatic carbocycles. The van der Waals surface area contributed by atoms with E-state index >= 15 is 0 Å². The molecule has 9 heteroatoms. The largest absolute Gasteiger partial charge is 0.349 e. The van der Waals surface area contributed by atoms with E-state index in [1.165, 1.54) is 17.3 Å². The minimum Gasteiger partial charge on any atom is -0.349 e. The number of rotatable bonds is 7. The second kappa shape index (κ2) is 7.51. The second-order valence-electron chi connectivity index (χ2n) is 7.93. The first-order valence-corrected chi connectivity index (χ1v) is 12.3. The van der Waals surface area contributed by atoms with Crippen LogP contribution in [0.2, 0.25) is 0 Å². The van der Waals surface area contributed by atoms with Gasteiger partial charge in [-0.05, 0) is 31.7 Å². The minimum atomic E-state index is -3.06. The highest BCUT2D eigenvalue weighted by molar-refractivity contribution is 7.99. The fraction of sp³-hybridized carbons (Fsp3) is 0.526. The lowest BCUT2D eigenvalue weighted by Crippen LogP contribution is -2.47. The van der Waals surface area contributed by atoms with E-state index in [0.29, 0.717) is 18.9 Å². The lowest BCUT2D eigenvalue weighted by molar-refractivity contribution is -0.120. The van der Waals surface area contributed by atoms with E-state index < -0.39 is 15.4 Å². The van der Waals surface area contributed by atoms with E-state index in [1.807, 2.05) is 18.2 Å². The standard InChI is InChI=1S/C19H24N4O3S2/c1-19(9-10-28(25,26)13-19)20-16(24)12-27-18-22-21-17(15-7-8-15)23(18)11-14-5-3-2-4-6-14/h2-6,15H,7-13H2,1H3,(H,20,24)/t19-/m0/s1. The highest BCUT2D eigenvalue weighted by Crippen LogP contribution is 2.40. The molecule has 28 heavy (non-hydrogen) atoms. The maximum Gasteiger partial charge on any atom is 0.230 e. The van der Waals surface area contributed by atoms with Gasteiger partial charge in [0.1, 0.15) is 5.82 Å². The van der Waals surface area contributed by atoms with Crippen LogP contribution in [0, 0.1) is 0 Å². The Morgan fingerprint density at radius 1 is 1.29 bits per heavy atom. The number of nitrogens with one attached hydrogen (secondary N) is 1. The van der Waals surface area contributed by atoms with Crippen LogP contribution in [-0.4, -0.2) is 51.9 Å². The van der Waals surface area contributed by atoms with Gasteiger partial charge in [-0.1, -0.05) is 42.1 Å². The van der Waals surface area contributed by atoms with E-state index in [0.717, 1.165) is 23.8 Å². The van der Waals surface area contributed by atoms with Crippen LogP contribution in [0.25, 0.3) is 0 Å². The van der Waals surface area contributed by atoms with Gasteiger partial charge in [0.2, 0.25) is 5.91 Å². The Balaban J connectivity index is 1.42. The molecule has 1 aliphatic carbocycles. The fourth-order valence-electron chi connectivity index (χ4n) is 3.58. The summed E-state index contributed by atoms with van der Waals surface area (Å²) in [5.41, 5.74) is 0.493. The number of carbonyl (C=O) groups is 1. The van der Waals surface area contributed by atoms with Crippen molar-refractivity contribution < 1.29 is 13.2 Å². The van der Waals surface area contributed by atoms with Crippen LogP contribution < -0.4 is 5.32 Å². The van der Waals surface area contributed by atoms with Crippen LogP contribution in [0.4, 0.5) is 0 Å². The average Bonchev–Trinajstić information content (AvgIpc) is 3.35. The van der Waals surface area contributed by atoms with Crippen LogP contribution in [0.3, 0.4) is 0 Å². The third kappa shape index (κ3) is 4.57. The van der Waals surface area contributed by atoms with Crippen molar-refractivity contribution in [3.63, 3.8) is 0 Å². The molecule has 2 aliphatic rings. The Morgan fingerprint density at radius 2 is 2.04 bits per heavy atom. The summed E-state index contributed by atoms with van der Waals surface area (Å²) in [6.07, 6.45) is 2.72. The molecule has 2 aromatic rings. The van der Waals surface area contributed by atoms with E-state index in [-0.39, 0.29) is 23.2 Å². The summed E-state index contributed by atoms with van der Waals surface area (Å²) in [5.74, 6) is 1.60. The van der Waals surface area contributed by atoms with Crippen molar-refractivity contribution in [1.82, 2.24) is 20.1 Å². The number of nitrogens with zero attached hydrogens (tertiary/aromatic N) is 3. The van der Waals surface area contributed by atoms with Crippen molar-refractivity contribution in [2.45, 2.75) is 49.3 Å². The van der Waals surface area contributed by atoms with Crippen LogP contribution >= 0.6 is 11.8 Å². The van der Waals surface area contributed by atoms with Crippen molar-refractivity contribution in [1.29, 1.82) is 0 Å². The summed E-state index contributed by atoms with van der Waals surface area (Å²) < 4.78 is 25.5. The maximum absolute atomic E-state index is 12.4. The highest BCUT2D eigenvalue weighted by Gasteiger charge is 2.39. The molecule has 1 amide bonds. The molecule has 0 spiro atoms. The summed E-state index contributed by atoms with van der Waals surface area (Å²) in [4.78, 5) is 12.4. The van der Waals surface area contributed by atoms with Crippen molar-refractivity contribution >= 4 is 27.5 Å². The fourth-order valence-corrected chi connectivity index (χ4v) is 6.41. The SMILES string of the molecule is C[C@]1(NC(=O)CSc2nnc(C3CC3)n2Cc2ccccc2)CCS(=O)(=O)C1. The first-order valence-electron chi connectivity index (χ1n) is 9.45. The number of benzene rings is 1. The normalized spacial score (nSPS) is 23.6. The zero-order valence-corrected chi connectivity index (χ0v) is 17.4. The van der Waals surface area contributed by atoms with Crippen molar-refractivity contribution in [2.24, 2.45) is 0 Å². The van der Waals surface area contributed by atoms with E-state index in [9.17, 15) is 13.2 Å². The number of hydrogen-bond acceptors (Lipinski definition) is 6. The predicted octanol–water partition coefficient (Wildman–Crippen LogP) is 1.99. The molecule has 4 rings (SSSR count). The third-order valence-electron chi connectivity index (χ3n) is 5.15. The molecular formula is C19H24N4O3S2. The summed E-state index contributed by atoms with van der Waals surface area (Å²) in [5, 5.41) is 12.3. The van der Waals surface area contributed by atoms with Crippen molar-refractivity contribution in [3.05, 3.63) is 41.7 Å². The van der Waals surface area contributed by atoms with Gasteiger partial charge in [-0.25, -0.2) is 8.42 Å². The van der Waals surface area contributed by atoms with Gasteiger partial charge in [0.05, 0.1) is 29.3 Å². The molecule has 1 saturated carbocycles. The number of amides is 1. The number of sulfone groups is 1. The van der Waals surface area contributed by atoms with Crippen molar-refractivity contribution in [3.8, 4) is 0 Å². The van der Waals surface area contributed by atoms with E-state index in [1.54, 1.807) is 6.92 Å². The summed E-state index contributed by atoms with van der Waals surface area (Å²) in [6, 6.07) is 10.1. The highest BCUT2D eigenvalue weighted by atomic mass is 32.2. The van der Waals surface area contributed by atoms with Gasteiger partial charge in [-0.15, -0.1) is 10.2 Å². The zero-order valence-electron chi connectivity index (χ0n) is 15.8. The Morgan fingerprint density at radius 3 is 2.68 bits per heavy atom. The molecule has 1 N–H and O–H groups in total. The average molecular weight is 421 g/mol. The molecule has 1 atom stereocenters. The maximum atomic E-state index is 12.4. The lowest BCUT2D eigenvalue weighted by Gasteiger charge is -2.23. The molecule has 2 fully saturated rings. The lowest BCUT2D eigenvalue weighted by atomic mass is 10.0. The molecular weight excluding hydrogens is 396 g/mol. The molecule has 0 radical (unpaired) electrons. The quantitative estimate of drug-likeness (QED) is 0.689. The van der Waals surface area contributed by atoms with E-state index in [4.69, 9.17) is 0 Å². The van der Waals surface area contributed by atoms with Gasteiger partial charge < -0.3 is 9.88 Å². The summed E-state index contributed by atoms with van der Waals surface area (Å²) in [6.45, 7) is 2.48. The smallest absolute Gasteiger partial charge is 0.230 e.